The lowest BCUT2D eigenvalue weighted by Gasteiger charge is -2.08. The second-order valence-electron chi connectivity index (χ2n) is 3.29. The molecule has 0 saturated carbocycles. The molecule has 0 aromatic heterocycles. The topological polar surface area (TPSA) is 91.7 Å². The summed E-state index contributed by atoms with van der Waals surface area (Å²) in [5.41, 5.74) is -0.268. The van der Waals surface area contributed by atoms with E-state index in [2.05, 4.69) is 15.9 Å². The molecule has 2 N–H and O–H groups in total. The van der Waals surface area contributed by atoms with Crippen LogP contribution in [0.25, 0.3) is 0 Å². The molecule has 0 unspecified atom stereocenters. The van der Waals surface area contributed by atoms with Gasteiger partial charge in [-0.1, -0.05) is 22.0 Å². The van der Waals surface area contributed by atoms with Crippen LogP contribution in [-0.2, 0) is 11.2 Å². The Labute approximate surface area is 105 Å². The summed E-state index contributed by atoms with van der Waals surface area (Å²) in [5.74, 6) is -2.77. The Bertz CT molecular complexity index is 449. The third kappa shape index (κ3) is 3.13. The van der Waals surface area contributed by atoms with Crippen LogP contribution in [0.15, 0.2) is 18.2 Å². The first kappa shape index (κ1) is 13.4. The molecule has 1 aromatic carbocycles. The van der Waals surface area contributed by atoms with Gasteiger partial charge in [0, 0.05) is 6.42 Å². The molecular weight excluding hydrogens is 292 g/mol. The average molecular weight is 301 g/mol. The van der Waals surface area contributed by atoms with Gasteiger partial charge in [0.15, 0.2) is 0 Å². The number of hydrogen-bond donors (Lipinski definition) is 2. The number of aromatic carboxylic acids is 2. The Hall–Kier alpha value is -1.69. The quantitative estimate of drug-likeness (QED) is 0.806. The summed E-state index contributed by atoms with van der Waals surface area (Å²) in [6.07, 6.45) is -0.213. The summed E-state index contributed by atoms with van der Waals surface area (Å²) in [4.78, 5) is 33.2. The zero-order valence-electron chi connectivity index (χ0n) is 8.64. The molecule has 0 aliphatic heterocycles. The van der Waals surface area contributed by atoms with Crippen LogP contribution in [0.2, 0.25) is 0 Å². The largest absolute Gasteiger partial charge is 0.478 e. The molecule has 6 heteroatoms. The molecule has 0 heterocycles. The molecule has 0 bridgehead atoms. The third-order valence-electron chi connectivity index (χ3n) is 2.16. The first-order valence-corrected chi connectivity index (χ1v) is 5.75. The smallest absolute Gasteiger partial charge is 0.336 e. The Balaban J connectivity index is 3.33. The number of hydrogen-bond acceptors (Lipinski definition) is 3. The number of alkyl halides is 1. The van der Waals surface area contributed by atoms with Crippen molar-refractivity contribution in [3.05, 3.63) is 34.9 Å². The lowest BCUT2D eigenvalue weighted by atomic mass is 9.97. The van der Waals surface area contributed by atoms with E-state index in [4.69, 9.17) is 10.2 Å². The number of carbonyl (C=O) groups is 3. The second-order valence-corrected chi connectivity index (χ2v) is 3.85. The van der Waals surface area contributed by atoms with Crippen LogP contribution in [0.4, 0.5) is 0 Å². The zero-order valence-corrected chi connectivity index (χ0v) is 10.2. The van der Waals surface area contributed by atoms with Crippen LogP contribution in [0.3, 0.4) is 0 Å². The highest BCUT2D eigenvalue weighted by atomic mass is 79.9. The normalized spacial score (nSPS) is 9.94. The molecule has 0 amide bonds. The van der Waals surface area contributed by atoms with Gasteiger partial charge in [0.05, 0.1) is 16.5 Å². The van der Waals surface area contributed by atoms with Gasteiger partial charge in [-0.3, -0.25) is 4.79 Å². The van der Waals surface area contributed by atoms with E-state index in [1.54, 1.807) is 0 Å². The molecule has 0 aliphatic rings. The first-order valence-electron chi connectivity index (χ1n) is 4.63. The fourth-order valence-corrected chi connectivity index (χ4v) is 1.62. The zero-order chi connectivity index (χ0) is 13.0. The third-order valence-corrected chi connectivity index (χ3v) is 2.79. The average Bonchev–Trinajstić information content (AvgIpc) is 2.28. The van der Waals surface area contributed by atoms with E-state index in [9.17, 15) is 14.4 Å². The molecule has 0 radical (unpaired) electrons. The van der Waals surface area contributed by atoms with Crippen molar-refractivity contribution in [3.8, 4) is 0 Å². The van der Waals surface area contributed by atoms with Crippen molar-refractivity contribution in [2.75, 3.05) is 5.33 Å². The summed E-state index contributed by atoms with van der Waals surface area (Å²) >= 11 is 2.95. The lowest BCUT2D eigenvalue weighted by molar-refractivity contribution is -0.115. The highest BCUT2D eigenvalue weighted by Gasteiger charge is 2.19. The molecular formula is C11H9BrO5. The van der Waals surface area contributed by atoms with Gasteiger partial charge in [-0.25, -0.2) is 9.59 Å². The molecule has 0 atom stereocenters. The minimum atomic E-state index is -1.24. The highest BCUT2D eigenvalue weighted by molar-refractivity contribution is 9.09. The number of benzene rings is 1. The van der Waals surface area contributed by atoms with E-state index >= 15 is 0 Å². The monoisotopic (exact) mass is 300 g/mol. The minimum absolute atomic E-state index is 0.0388. The van der Waals surface area contributed by atoms with Gasteiger partial charge in [0.25, 0.3) is 0 Å². The SMILES string of the molecule is O=C(CBr)Cc1c(C(=O)O)cccc1C(=O)O. The summed E-state index contributed by atoms with van der Waals surface area (Å²) in [7, 11) is 0. The van der Waals surface area contributed by atoms with Crippen molar-refractivity contribution in [1.82, 2.24) is 0 Å². The van der Waals surface area contributed by atoms with Gasteiger partial charge in [-0.05, 0) is 17.7 Å². The fraction of sp³-hybridized carbons (Fsp3) is 0.182. The van der Waals surface area contributed by atoms with Crippen LogP contribution < -0.4 is 0 Å². The molecule has 5 nitrogen and oxygen atoms in total. The highest BCUT2D eigenvalue weighted by Crippen LogP contribution is 2.17. The Morgan fingerprint density at radius 2 is 1.53 bits per heavy atom. The number of Topliss-reactive ketones (excluding diaryl/α,β-unsaturated/α-hetero) is 1. The van der Waals surface area contributed by atoms with Gasteiger partial charge < -0.3 is 10.2 Å². The van der Waals surface area contributed by atoms with Gasteiger partial charge in [0.1, 0.15) is 5.78 Å². The Kier molecular flexibility index (Phi) is 4.39. The van der Waals surface area contributed by atoms with Gasteiger partial charge in [0.2, 0.25) is 0 Å². The van der Waals surface area contributed by atoms with Crippen LogP contribution >= 0.6 is 15.9 Å². The van der Waals surface area contributed by atoms with Crippen molar-refractivity contribution in [2.45, 2.75) is 6.42 Å². The van der Waals surface area contributed by atoms with Crippen LogP contribution in [0, 0.1) is 0 Å². The summed E-state index contributed by atoms with van der Waals surface area (Å²) in [6, 6.07) is 3.91. The predicted molar refractivity (Wildman–Crippen MR) is 62.9 cm³/mol. The predicted octanol–water partition coefficient (Wildman–Crippen LogP) is 1.59. The van der Waals surface area contributed by atoms with Crippen molar-refractivity contribution >= 4 is 33.7 Å². The van der Waals surface area contributed by atoms with E-state index in [1.807, 2.05) is 0 Å². The van der Waals surface area contributed by atoms with Gasteiger partial charge in [-0.15, -0.1) is 0 Å². The van der Waals surface area contributed by atoms with Gasteiger partial charge >= 0.3 is 11.9 Å². The van der Waals surface area contributed by atoms with Crippen molar-refractivity contribution in [3.63, 3.8) is 0 Å². The van der Waals surface area contributed by atoms with E-state index in [-0.39, 0.29) is 34.2 Å². The standard InChI is InChI=1S/C11H9BrO5/c12-5-6(13)4-9-7(10(14)15)2-1-3-8(9)11(16)17/h1-3H,4-5H2,(H,14,15)(H,16,17). The van der Waals surface area contributed by atoms with E-state index in [0.29, 0.717) is 0 Å². The summed E-state index contributed by atoms with van der Waals surface area (Å²) < 4.78 is 0. The number of carboxylic acids is 2. The van der Waals surface area contributed by atoms with Crippen molar-refractivity contribution in [1.29, 1.82) is 0 Å². The molecule has 1 rings (SSSR count). The maximum Gasteiger partial charge on any atom is 0.336 e. The summed E-state index contributed by atoms with van der Waals surface area (Å²) in [5, 5.41) is 17.9. The molecule has 1 aromatic rings. The maximum absolute atomic E-state index is 11.3. The molecule has 0 aliphatic carbocycles. The number of rotatable bonds is 5. The van der Waals surface area contributed by atoms with E-state index in [0.717, 1.165) is 0 Å². The number of carboxylic acid groups (broad SMARTS) is 2. The van der Waals surface area contributed by atoms with Gasteiger partial charge in [-0.2, -0.15) is 0 Å². The van der Waals surface area contributed by atoms with Crippen molar-refractivity contribution in [2.24, 2.45) is 0 Å². The number of ketones is 1. The van der Waals surface area contributed by atoms with Crippen LogP contribution in [0.5, 0.6) is 0 Å². The van der Waals surface area contributed by atoms with Crippen LogP contribution in [-0.4, -0.2) is 33.3 Å². The number of carbonyl (C=O) groups excluding carboxylic acids is 1. The molecule has 90 valence electrons. The molecule has 17 heavy (non-hydrogen) atoms. The Morgan fingerprint density at radius 3 is 1.88 bits per heavy atom. The second kappa shape index (κ2) is 5.58. The maximum atomic E-state index is 11.3. The van der Waals surface area contributed by atoms with E-state index < -0.39 is 11.9 Å². The minimum Gasteiger partial charge on any atom is -0.478 e. The lowest BCUT2D eigenvalue weighted by Crippen LogP contribution is -2.14. The van der Waals surface area contributed by atoms with E-state index in [1.165, 1.54) is 18.2 Å². The Morgan fingerprint density at radius 1 is 1.06 bits per heavy atom. The first-order chi connectivity index (χ1) is 7.97. The summed E-state index contributed by atoms with van der Waals surface area (Å²) in [6.45, 7) is 0. The fourth-order valence-electron chi connectivity index (χ4n) is 1.42. The number of halogens is 1. The molecule has 0 saturated heterocycles. The molecule has 0 spiro atoms. The van der Waals surface area contributed by atoms with Crippen LogP contribution in [0.1, 0.15) is 26.3 Å². The molecule has 0 fully saturated rings. The van der Waals surface area contributed by atoms with Crippen molar-refractivity contribution < 1.29 is 24.6 Å².